The van der Waals surface area contributed by atoms with Crippen LogP contribution in [0.5, 0.6) is 0 Å². The number of nitrogens with one attached hydrogen (secondary N) is 2. The Morgan fingerprint density at radius 1 is 1.09 bits per heavy atom. The van der Waals surface area contributed by atoms with Crippen molar-refractivity contribution >= 4 is 41.5 Å². The number of guanidine groups is 1. The molecule has 0 spiro atoms. The van der Waals surface area contributed by atoms with Gasteiger partial charge in [-0.25, -0.2) is 0 Å². The average Bonchev–Trinajstić information content (AvgIpc) is 3.29. The molecule has 2 N–H and O–H groups in total. The Hall–Kier alpha value is -1.39. The van der Waals surface area contributed by atoms with Gasteiger partial charge in [0, 0.05) is 57.4 Å². The number of rotatable bonds is 7. The number of nitrogens with zero attached hydrogens (tertiary/aromatic N) is 3. The number of morpholine rings is 1. The summed E-state index contributed by atoms with van der Waals surface area (Å²) in [4.78, 5) is 21.7. The quantitative estimate of drug-likeness (QED) is 0.229. The molecular weight excluding hydrogens is 529 g/mol. The largest absolute Gasteiger partial charge is 0.379 e. The van der Waals surface area contributed by atoms with Crippen LogP contribution in [0.1, 0.15) is 50.5 Å². The lowest BCUT2D eigenvalue weighted by atomic mass is 9.80. The zero-order valence-electron chi connectivity index (χ0n) is 20.0. The van der Waals surface area contributed by atoms with Crippen molar-refractivity contribution in [2.75, 3.05) is 57.9 Å². The number of amides is 1. The van der Waals surface area contributed by atoms with Crippen LogP contribution in [0.2, 0.25) is 0 Å². The zero-order chi connectivity index (χ0) is 22.2. The van der Waals surface area contributed by atoms with E-state index in [9.17, 15) is 4.79 Å². The maximum atomic E-state index is 12.7. The molecule has 0 radical (unpaired) electrons. The standard InChI is InChI=1S/C25H39N5O2.HI/c1-26-24(28-20-25(12-5-2-6-13-25)29-16-18-32-19-17-29)27-14-7-10-23(31)30-15-11-21-8-3-4-9-22(21)30;/h3-4,8-9H,2,5-7,10-20H2,1H3,(H2,26,27,28);1H. The lowest BCUT2D eigenvalue weighted by Gasteiger charge is -2.48. The van der Waals surface area contributed by atoms with Crippen molar-refractivity contribution in [3.63, 3.8) is 0 Å². The van der Waals surface area contributed by atoms with Crippen molar-refractivity contribution in [3.05, 3.63) is 29.8 Å². The Bertz CT molecular complexity index is 791. The highest BCUT2D eigenvalue weighted by Crippen LogP contribution is 2.34. The number of carbonyl (C=O) groups is 1. The van der Waals surface area contributed by atoms with E-state index in [0.717, 1.165) is 70.4 Å². The molecule has 2 fully saturated rings. The molecule has 1 aliphatic carbocycles. The summed E-state index contributed by atoms with van der Waals surface area (Å²) in [6.07, 6.45) is 8.73. The number of fused-ring (bicyclic) bond motifs is 1. The molecule has 2 heterocycles. The van der Waals surface area contributed by atoms with E-state index in [1.807, 2.05) is 24.1 Å². The van der Waals surface area contributed by atoms with Crippen LogP contribution >= 0.6 is 24.0 Å². The van der Waals surface area contributed by atoms with Crippen molar-refractivity contribution in [1.29, 1.82) is 0 Å². The SMILES string of the molecule is CN=C(NCCCC(=O)N1CCc2ccccc21)NCC1(N2CCOCC2)CCCCC1.I. The van der Waals surface area contributed by atoms with Crippen LogP contribution in [-0.2, 0) is 16.0 Å². The molecule has 2 aliphatic heterocycles. The Balaban J connectivity index is 0.00000306. The molecule has 33 heavy (non-hydrogen) atoms. The fourth-order valence-corrected chi connectivity index (χ4v) is 5.50. The lowest BCUT2D eigenvalue weighted by molar-refractivity contribution is -0.118. The minimum atomic E-state index is 0. The molecule has 0 bridgehead atoms. The van der Waals surface area contributed by atoms with Crippen molar-refractivity contribution < 1.29 is 9.53 Å². The predicted molar refractivity (Wildman–Crippen MR) is 145 cm³/mol. The van der Waals surface area contributed by atoms with E-state index >= 15 is 0 Å². The Kier molecular flexibility index (Phi) is 10.2. The number of benzene rings is 1. The molecule has 3 aliphatic rings. The number of carbonyl (C=O) groups excluding carboxylic acids is 1. The summed E-state index contributed by atoms with van der Waals surface area (Å²) in [5.41, 5.74) is 2.57. The number of anilines is 1. The average molecular weight is 570 g/mol. The van der Waals surface area contributed by atoms with Gasteiger partial charge in [0.2, 0.25) is 5.91 Å². The van der Waals surface area contributed by atoms with Gasteiger partial charge in [0.1, 0.15) is 0 Å². The molecular formula is C25H40IN5O2. The minimum Gasteiger partial charge on any atom is -0.379 e. The predicted octanol–water partition coefficient (Wildman–Crippen LogP) is 3.17. The third-order valence-electron chi connectivity index (χ3n) is 7.32. The molecule has 1 saturated carbocycles. The Morgan fingerprint density at radius 3 is 2.61 bits per heavy atom. The second kappa shape index (κ2) is 12.9. The van der Waals surface area contributed by atoms with Crippen LogP contribution in [0, 0.1) is 0 Å². The molecule has 1 aromatic rings. The maximum absolute atomic E-state index is 12.7. The van der Waals surface area contributed by atoms with Gasteiger partial charge >= 0.3 is 0 Å². The fourth-order valence-electron chi connectivity index (χ4n) is 5.50. The van der Waals surface area contributed by atoms with Crippen LogP contribution in [0.3, 0.4) is 0 Å². The van der Waals surface area contributed by atoms with Gasteiger partial charge in [0.15, 0.2) is 5.96 Å². The van der Waals surface area contributed by atoms with Gasteiger partial charge in [0.05, 0.1) is 13.2 Å². The summed E-state index contributed by atoms with van der Waals surface area (Å²) in [6.45, 7) is 6.18. The topological polar surface area (TPSA) is 69.2 Å². The number of aliphatic imine (C=N–C) groups is 1. The van der Waals surface area contributed by atoms with E-state index in [4.69, 9.17) is 4.74 Å². The normalized spacial score (nSPS) is 20.6. The molecule has 0 atom stereocenters. The zero-order valence-corrected chi connectivity index (χ0v) is 22.3. The molecule has 184 valence electrons. The van der Waals surface area contributed by atoms with Crippen molar-refractivity contribution in [2.45, 2.75) is 56.9 Å². The number of halogens is 1. The summed E-state index contributed by atoms with van der Waals surface area (Å²) >= 11 is 0. The molecule has 1 saturated heterocycles. The van der Waals surface area contributed by atoms with Crippen LogP contribution in [0.4, 0.5) is 5.69 Å². The Morgan fingerprint density at radius 2 is 1.85 bits per heavy atom. The third kappa shape index (κ3) is 6.60. The van der Waals surface area contributed by atoms with Gasteiger partial charge in [0.25, 0.3) is 0 Å². The van der Waals surface area contributed by atoms with E-state index < -0.39 is 0 Å². The first-order chi connectivity index (χ1) is 15.7. The van der Waals surface area contributed by atoms with Crippen LogP contribution in [0.25, 0.3) is 0 Å². The van der Waals surface area contributed by atoms with Gasteiger partial charge in [-0.3, -0.25) is 14.7 Å². The number of hydrogen-bond donors (Lipinski definition) is 2. The highest BCUT2D eigenvalue weighted by Gasteiger charge is 2.38. The van der Waals surface area contributed by atoms with E-state index in [1.165, 1.54) is 37.7 Å². The number of hydrogen-bond acceptors (Lipinski definition) is 4. The van der Waals surface area contributed by atoms with E-state index in [0.29, 0.717) is 6.42 Å². The number of para-hydroxylation sites is 1. The van der Waals surface area contributed by atoms with E-state index in [1.54, 1.807) is 0 Å². The maximum Gasteiger partial charge on any atom is 0.227 e. The second-order valence-electron chi connectivity index (χ2n) is 9.26. The first-order valence-corrected chi connectivity index (χ1v) is 12.4. The summed E-state index contributed by atoms with van der Waals surface area (Å²) in [5, 5.41) is 7.01. The molecule has 0 unspecified atom stereocenters. The van der Waals surface area contributed by atoms with Crippen LogP contribution in [-0.4, -0.2) is 75.3 Å². The highest BCUT2D eigenvalue weighted by molar-refractivity contribution is 14.0. The van der Waals surface area contributed by atoms with E-state index in [-0.39, 0.29) is 35.4 Å². The summed E-state index contributed by atoms with van der Waals surface area (Å²) in [5.74, 6) is 1.05. The minimum absolute atomic E-state index is 0. The summed E-state index contributed by atoms with van der Waals surface area (Å²) in [6, 6.07) is 8.24. The molecule has 8 heteroatoms. The van der Waals surface area contributed by atoms with E-state index in [2.05, 4.69) is 32.7 Å². The van der Waals surface area contributed by atoms with Crippen molar-refractivity contribution in [2.24, 2.45) is 4.99 Å². The summed E-state index contributed by atoms with van der Waals surface area (Å²) in [7, 11) is 1.82. The molecule has 7 nitrogen and oxygen atoms in total. The van der Waals surface area contributed by atoms with Crippen molar-refractivity contribution in [1.82, 2.24) is 15.5 Å². The first-order valence-electron chi connectivity index (χ1n) is 12.4. The Labute approximate surface area is 215 Å². The van der Waals surface area contributed by atoms with Gasteiger partial charge in [-0.05, 0) is 37.3 Å². The molecule has 4 rings (SSSR count). The van der Waals surface area contributed by atoms with Gasteiger partial charge in [-0.2, -0.15) is 0 Å². The lowest BCUT2D eigenvalue weighted by Crippen LogP contribution is -2.60. The highest BCUT2D eigenvalue weighted by atomic mass is 127. The fraction of sp³-hybridized carbons (Fsp3) is 0.680. The van der Waals surface area contributed by atoms with Gasteiger partial charge in [-0.1, -0.05) is 37.5 Å². The summed E-state index contributed by atoms with van der Waals surface area (Å²) < 4.78 is 5.59. The first kappa shape index (κ1) is 26.2. The smallest absolute Gasteiger partial charge is 0.227 e. The molecule has 1 aromatic carbocycles. The van der Waals surface area contributed by atoms with Crippen LogP contribution in [0.15, 0.2) is 29.3 Å². The van der Waals surface area contributed by atoms with Crippen molar-refractivity contribution in [3.8, 4) is 0 Å². The monoisotopic (exact) mass is 569 g/mol. The third-order valence-corrected chi connectivity index (χ3v) is 7.32. The second-order valence-corrected chi connectivity index (χ2v) is 9.26. The molecule has 1 amide bonds. The molecule has 0 aromatic heterocycles. The van der Waals surface area contributed by atoms with Gasteiger partial charge in [-0.15, -0.1) is 24.0 Å². The van der Waals surface area contributed by atoms with Gasteiger partial charge < -0.3 is 20.3 Å². The van der Waals surface area contributed by atoms with Crippen LogP contribution < -0.4 is 15.5 Å². The number of ether oxygens (including phenoxy) is 1.